The monoisotopic (exact) mass is 484 g/mol. The molecule has 1 atom stereocenters. The van der Waals surface area contributed by atoms with Crippen LogP contribution in [0.25, 0.3) is 33.1 Å². The highest BCUT2D eigenvalue weighted by Gasteiger charge is 2.29. The van der Waals surface area contributed by atoms with Crippen molar-refractivity contribution in [2.75, 3.05) is 19.8 Å². The first kappa shape index (κ1) is 21.3. The van der Waals surface area contributed by atoms with E-state index in [9.17, 15) is 4.79 Å². The molecular weight excluding hydrogens is 460 g/mol. The predicted octanol–water partition coefficient (Wildman–Crippen LogP) is 3.59. The first-order chi connectivity index (χ1) is 17.7. The van der Waals surface area contributed by atoms with Crippen LogP contribution in [-0.2, 0) is 11.3 Å². The van der Waals surface area contributed by atoms with E-state index in [1.165, 1.54) is 0 Å². The number of rotatable bonds is 7. The van der Waals surface area contributed by atoms with Gasteiger partial charge >= 0.3 is 5.69 Å². The predicted molar refractivity (Wildman–Crippen MR) is 131 cm³/mol. The third-order valence-electron chi connectivity index (χ3n) is 6.93. The molecule has 2 aliphatic rings. The van der Waals surface area contributed by atoms with Gasteiger partial charge in [0.2, 0.25) is 5.88 Å². The lowest BCUT2D eigenvalue weighted by atomic mass is 10.1. The van der Waals surface area contributed by atoms with Crippen molar-refractivity contribution >= 4 is 21.9 Å². The van der Waals surface area contributed by atoms with Crippen molar-refractivity contribution in [1.82, 2.24) is 29.2 Å². The van der Waals surface area contributed by atoms with Crippen LogP contribution in [0.5, 0.6) is 5.88 Å². The van der Waals surface area contributed by atoms with E-state index in [0.717, 1.165) is 58.9 Å². The summed E-state index contributed by atoms with van der Waals surface area (Å²) in [5.74, 6) is 1.33. The van der Waals surface area contributed by atoms with E-state index in [0.29, 0.717) is 30.8 Å². The summed E-state index contributed by atoms with van der Waals surface area (Å²) < 4.78 is 20.4. The van der Waals surface area contributed by atoms with Crippen LogP contribution in [0.1, 0.15) is 31.1 Å². The third-order valence-corrected chi connectivity index (χ3v) is 6.93. The van der Waals surface area contributed by atoms with Crippen molar-refractivity contribution in [3.05, 3.63) is 65.4 Å². The number of aromatic nitrogens is 6. The molecule has 10 nitrogen and oxygen atoms in total. The average molecular weight is 485 g/mol. The van der Waals surface area contributed by atoms with Crippen LogP contribution in [0, 0.1) is 5.92 Å². The summed E-state index contributed by atoms with van der Waals surface area (Å²) in [7, 11) is 0. The van der Waals surface area contributed by atoms with Crippen LogP contribution >= 0.6 is 0 Å². The van der Waals surface area contributed by atoms with E-state index in [2.05, 4.69) is 10.1 Å². The molecular formula is C26H24N6O4. The number of fused-ring (bicyclic) bond motifs is 2. The Kier molecular flexibility index (Phi) is 5.05. The normalized spacial score (nSPS) is 17.8. The number of pyridine rings is 1. The third kappa shape index (κ3) is 3.74. The fourth-order valence-electron chi connectivity index (χ4n) is 4.87. The van der Waals surface area contributed by atoms with Gasteiger partial charge in [-0.3, -0.25) is 14.1 Å². The maximum absolute atomic E-state index is 13.4. The number of hydrogen-bond acceptors (Lipinski definition) is 8. The van der Waals surface area contributed by atoms with Crippen molar-refractivity contribution in [2.24, 2.45) is 5.92 Å². The fourth-order valence-corrected chi connectivity index (χ4v) is 4.87. The first-order valence-electron chi connectivity index (χ1n) is 12.2. The quantitative estimate of drug-likeness (QED) is 0.345. The van der Waals surface area contributed by atoms with Crippen LogP contribution in [0.2, 0.25) is 0 Å². The lowest BCUT2D eigenvalue weighted by Gasteiger charge is -2.14. The van der Waals surface area contributed by atoms with E-state index in [1.54, 1.807) is 29.4 Å². The number of benzene rings is 1. The Labute approximate surface area is 205 Å². The Hall–Kier alpha value is -4.05. The maximum atomic E-state index is 13.4. The molecule has 0 radical (unpaired) electrons. The molecule has 1 aliphatic carbocycles. The second kappa shape index (κ2) is 8.56. The number of ether oxygens (including phenoxy) is 2. The summed E-state index contributed by atoms with van der Waals surface area (Å²) in [6, 6.07) is 8.05. The minimum Gasteiger partial charge on any atom is -0.477 e. The number of nitrogens with zero attached hydrogens (tertiary/aromatic N) is 6. The van der Waals surface area contributed by atoms with Crippen molar-refractivity contribution in [3.8, 4) is 17.0 Å². The molecule has 2 fully saturated rings. The maximum Gasteiger partial charge on any atom is 0.329 e. The first-order valence-corrected chi connectivity index (χ1v) is 12.2. The molecule has 5 aromatic rings. The summed E-state index contributed by atoms with van der Waals surface area (Å²) in [6.07, 6.45) is 9.73. The van der Waals surface area contributed by atoms with Crippen molar-refractivity contribution in [1.29, 1.82) is 0 Å². The van der Waals surface area contributed by atoms with Crippen molar-refractivity contribution in [2.45, 2.75) is 31.8 Å². The molecule has 0 N–H and O–H groups in total. The van der Waals surface area contributed by atoms with Crippen LogP contribution in [0.3, 0.4) is 0 Å². The summed E-state index contributed by atoms with van der Waals surface area (Å²) in [4.78, 5) is 27.2. The zero-order valence-corrected chi connectivity index (χ0v) is 19.5. The summed E-state index contributed by atoms with van der Waals surface area (Å²) in [5, 5.41) is 4.61. The van der Waals surface area contributed by atoms with Crippen molar-refractivity contribution < 1.29 is 14.0 Å². The standard InChI is InChI=1S/C26H24N6O4/c33-26-31(23-11-27-7-5-22(23)32(26)19-2-3-19)12-24-29-21-4-1-17(18-10-28-36-15-18)9-20(21)25(30-24)35-14-16-6-8-34-13-16/h1,4-5,7,9-11,15-16,19H,2-3,6,8,12-14H2. The zero-order valence-electron chi connectivity index (χ0n) is 19.5. The Morgan fingerprint density at radius 1 is 1.06 bits per heavy atom. The lowest BCUT2D eigenvalue weighted by molar-refractivity contribution is 0.166. The van der Waals surface area contributed by atoms with Crippen LogP contribution in [0.4, 0.5) is 0 Å². The Balaban J connectivity index is 1.31. The molecule has 4 aromatic heterocycles. The Morgan fingerprint density at radius 3 is 2.81 bits per heavy atom. The molecule has 7 rings (SSSR count). The van der Waals surface area contributed by atoms with Gasteiger partial charge in [0.25, 0.3) is 0 Å². The van der Waals surface area contributed by atoms with Gasteiger partial charge in [-0.1, -0.05) is 11.2 Å². The molecule has 1 saturated heterocycles. The van der Waals surface area contributed by atoms with Gasteiger partial charge in [0.1, 0.15) is 6.26 Å². The van der Waals surface area contributed by atoms with Gasteiger partial charge in [0, 0.05) is 30.3 Å². The van der Waals surface area contributed by atoms with E-state index in [1.807, 2.05) is 28.8 Å². The highest BCUT2D eigenvalue weighted by Crippen LogP contribution is 2.36. The van der Waals surface area contributed by atoms with E-state index in [-0.39, 0.29) is 18.3 Å². The highest BCUT2D eigenvalue weighted by atomic mass is 16.5. The molecule has 36 heavy (non-hydrogen) atoms. The topological polar surface area (TPSA) is 110 Å². The molecule has 0 amide bonds. The van der Waals surface area contributed by atoms with Gasteiger partial charge in [-0.05, 0) is 43.0 Å². The number of imidazole rings is 1. The molecule has 1 aromatic carbocycles. The zero-order chi connectivity index (χ0) is 24.1. The van der Waals surface area contributed by atoms with Gasteiger partial charge in [0.15, 0.2) is 5.82 Å². The molecule has 1 unspecified atom stereocenters. The average Bonchev–Trinajstić information content (AvgIpc) is 3.28. The molecule has 0 bridgehead atoms. The van der Waals surface area contributed by atoms with Crippen LogP contribution in [-0.4, -0.2) is 49.1 Å². The summed E-state index contributed by atoms with van der Waals surface area (Å²) >= 11 is 0. The molecule has 0 spiro atoms. The minimum absolute atomic E-state index is 0.0578. The second-order valence-corrected chi connectivity index (χ2v) is 9.46. The van der Waals surface area contributed by atoms with Gasteiger partial charge in [-0.2, -0.15) is 4.98 Å². The second-order valence-electron chi connectivity index (χ2n) is 9.46. The minimum atomic E-state index is -0.0578. The SMILES string of the molecule is O=c1n(Cc2nc(OCC3CCOC3)c3cc(-c4cnoc4)ccc3n2)c2cnccc2n1C1CC1. The van der Waals surface area contributed by atoms with Gasteiger partial charge in [-0.25, -0.2) is 9.78 Å². The number of hydrogen-bond donors (Lipinski definition) is 0. The molecule has 1 aliphatic heterocycles. The molecule has 1 saturated carbocycles. The molecule has 5 heterocycles. The summed E-state index contributed by atoms with van der Waals surface area (Å²) in [6.45, 7) is 2.18. The van der Waals surface area contributed by atoms with Gasteiger partial charge in [-0.15, -0.1) is 0 Å². The fraction of sp³-hybridized carbons (Fsp3) is 0.346. The van der Waals surface area contributed by atoms with Crippen molar-refractivity contribution in [3.63, 3.8) is 0 Å². The highest BCUT2D eigenvalue weighted by molar-refractivity contribution is 5.88. The smallest absolute Gasteiger partial charge is 0.329 e. The van der Waals surface area contributed by atoms with Gasteiger partial charge < -0.3 is 14.0 Å². The summed E-state index contributed by atoms with van der Waals surface area (Å²) in [5.41, 5.74) is 4.17. The Bertz CT molecular complexity index is 1610. The van der Waals surface area contributed by atoms with E-state index in [4.69, 9.17) is 24.0 Å². The largest absolute Gasteiger partial charge is 0.477 e. The van der Waals surface area contributed by atoms with Crippen LogP contribution < -0.4 is 10.4 Å². The van der Waals surface area contributed by atoms with E-state index >= 15 is 0 Å². The van der Waals surface area contributed by atoms with Gasteiger partial charge in [0.05, 0.1) is 54.1 Å². The van der Waals surface area contributed by atoms with Crippen LogP contribution in [0.15, 0.2) is 58.4 Å². The Morgan fingerprint density at radius 2 is 2.00 bits per heavy atom. The molecule has 182 valence electrons. The molecule has 10 heteroatoms. The lowest BCUT2D eigenvalue weighted by Crippen LogP contribution is -2.25. The van der Waals surface area contributed by atoms with E-state index < -0.39 is 0 Å².